The monoisotopic (exact) mass is 590 g/mol. The quantitative estimate of drug-likeness (QED) is 0.194. The van der Waals surface area contributed by atoms with Crippen molar-refractivity contribution in [3.8, 4) is 0 Å². The number of hydrogen-bond acceptors (Lipinski definition) is 5. The maximum Gasteiger partial charge on any atom is 0.227 e. The summed E-state index contributed by atoms with van der Waals surface area (Å²) in [5, 5.41) is 13.6. The number of rotatable bonds is 11. The van der Waals surface area contributed by atoms with Gasteiger partial charge in [-0.1, -0.05) is 82.3 Å². The van der Waals surface area contributed by atoms with Crippen LogP contribution in [0.4, 0.5) is 0 Å². The normalized spacial score (nSPS) is 15.5. The second-order valence-electron chi connectivity index (χ2n) is 13.0. The standard InChI is InChI=1S/C38H46N4O2/c1-5-34(28-11-7-6-8-12-28)37(44)41-23-27-16-17-30(31(21-27)26-43)24-42(25-33-22-32(18-20-39-33)38(2,3)4)35-15-9-13-29-14-10-19-40-36(29)35/h6-8,10-12,14,16-22,34-35,43H,5,9,13,15,23-26H2,1-4H3,(H,41,44)/t34-,35?/m0/s1. The third-order valence-corrected chi connectivity index (χ3v) is 8.86. The van der Waals surface area contributed by atoms with Crippen LogP contribution in [0.1, 0.15) is 104 Å². The number of aliphatic hydroxyl groups excluding tert-OH is 1. The molecule has 2 heterocycles. The number of benzene rings is 2. The van der Waals surface area contributed by atoms with Crippen molar-refractivity contribution in [2.45, 2.75) is 97.0 Å². The molecule has 1 amide bonds. The van der Waals surface area contributed by atoms with Gasteiger partial charge in [0.25, 0.3) is 0 Å². The van der Waals surface area contributed by atoms with Gasteiger partial charge in [-0.15, -0.1) is 0 Å². The topological polar surface area (TPSA) is 78.4 Å². The van der Waals surface area contributed by atoms with Gasteiger partial charge in [0.05, 0.1) is 30.0 Å². The van der Waals surface area contributed by atoms with Crippen molar-refractivity contribution in [2.24, 2.45) is 0 Å². The van der Waals surface area contributed by atoms with E-state index in [4.69, 9.17) is 9.97 Å². The fourth-order valence-electron chi connectivity index (χ4n) is 6.34. The summed E-state index contributed by atoms with van der Waals surface area (Å²) in [7, 11) is 0. The Kier molecular flexibility index (Phi) is 10.2. The van der Waals surface area contributed by atoms with Gasteiger partial charge in [-0.3, -0.25) is 19.7 Å². The zero-order valence-corrected chi connectivity index (χ0v) is 26.6. The number of nitrogens with zero attached hydrogens (tertiary/aromatic N) is 3. The van der Waals surface area contributed by atoms with Crippen LogP contribution in [-0.4, -0.2) is 25.9 Å². The van der Waals surface area contributed by atoms with E-state index in [0.717, 1.165) is 59.3 Å². The highest BCUT2D eigenvalue weighted by Crippen LogP contribution is 2.35. The third kappa shape index (κ3) is 7.61. The Morgan fingerprint density at radius 3 is 2.55 bits per heavy atom. The number of amides is 1. The van der Waals surface area contributed by atoms with Crippen molar-refractivity contribution in [3.63, 3.8) is 0 Å². The van der Waals surface area contributed by atoms with Crippen LogP contribution in [0, 0.1) is 0 Å². The van der Waals surface area contributed by atoms with Gasteiger partial charge in [-0.05, 0) is 82.7 Å². The third-order valence-electron chi connectivity index (χ3n) is 8.86. The number of aryl methyl sites for hydroxylation is 1. The first-order chi connectivity index (χ1) is 21.3. The number of aromatic nitrogens is 2. The average Bonchev–Trinajstić information content (AvgIpc) is 3.04. The summed E-state index contributed by atoms with van der Waals surface area (Å²) in [6, 6.07) is 24.9. The minimum absolute atomic E-state index is 0.0213. The van der Waals surface area contributed by atoms with Crippen molar-refractivity contribution in [2.75, 3.05) is 0 Å². The molecule has 2 aromatic heterocycles. The van der Waals surface area contributed by atoms with Gasteiger partial charge in [-0.2, -0.15) is 0 Å². The lowest BCUT2D eigenvalue weighted by atomic mass is 9.87. The molecule has 6 heteroatoms. The Labute approximate surface area is 262 Å². The second kappa shape index (κ2) is 14.3. The highest BCUT2D eigenvalue weighted by Gasteiger charge is 2.29. The molecule has 230 valence electrons. The van der Waals surface area contributed by atoms with Gasteiger partial charge in [0, 0.05) is 32.0 Å². The van der Waals surface area contributed by atoms with Gasteiger partial charge in [0.1, 0.15) is 0 Å². The molecule has 0 spiro atoms. The smallest absolute Gasteiger partial charge is 0.227 e. The summed E-state index contributed by atoms with van der Waals surface area (Å²) >= 11 is 0. The molecule has 0 aliphatic heterocycles. The van der Waals surface area contributed by atoms with E-state index in [1.807, 2.05) is 61.8 Å². The minimum atomic E-state index is -0.182. The maximum absolute atomic E-state index is 13.1. The van der Waals surface area contributed by atoms with Gasteiger partial charge in [0.15, 0.2) is 0 Å². The van der Waals surface area contributed by atoms with Crippen molar-refractivity contribution >= 4 is 5.91 Å². The Hall–Kier alpha value is -3.87. The molecule has 6 nitrogen and oxygen atoms in total. The van der Waals surface area contributed by atoms with Crippen LogP contribution in [0.25, 0.3) is 0 Å². The molecule has 0 bridgehead atoms. The highest BCUT2D eigenvalue weighted by molar-refractivity contribution is 5.83. The lowest BCUT2D eigenvalue weighted by Crippen LogP contribution is -2.32. The Morgan fingerprint density at radius 1 is 0.977 bits per heavy atom. The lowest BCUT2D eigenvalue weighted by Gasteiger charge is -2.35. The fraction of sp³-hybridized carbons (Fsp3) is 0.395. The number of nitrogens with one attached hydrogen (secondary N) is 1. The molecule has 2 atom stereocenters. The van der Waals surface area contributed by atoms with Gasteiger partial charge in [0.2, 0.25) is 5.91 Å². The Morgan fingerprint density at radius 2 is 1.80 bits per heavy atom. The molecule has 1 aliphatic rings. The molecule has 44 heavy (non-hydrogen) atoms. The van der Waals surface area contributed by atoms with Gasteiger partial charge in [-0.25, -0.2) is 0 Å². The van der Waals surface area contributed by atoms with E-state index in [9.17, 15) is 9.90 Å². The molecule has 1 aliphatic carbocycles. The highest BCUT2D eigenvalue weighted by atomic mass is 16.3. The molecule has 2 aromatic carbocycles. The van der Waals surface area contributed by atoms with E-state index >= 15 is 0 Å². The van der Waals surface area contributed by atoms with Crippen LogP contribution in [-0.2, 0) is 42.9 Å². The number of carbonyl (C=O) groups is 1. The molecule has 2 N–H and O–H groups in total. The fourth-order valence-corrected chi connectivity index (χ4v) is 6.34. The molecular formula is C38H46N4O2. The van der Waals surface area contributed by atoms with Gasteiger partial charge < -0.3 is 10.4 Å². The summed E-state index contributed by atoms with van der Waals surface area (Å²) in [6.07, 6.45) is 7.75. The number of aliphatic hydroxyl groups is 1. The Bertz CT molecular complexity index is 1550. The van der Waals surface area contributed by atoms with Crippen molar-refractivity contribution in [1.82, 2.24) is 20.2 Å². The summed E-state index contributed by atoms with van der Waals surface area (Å²) in [5.41, 5.74) is 8.77. The van der Waals surface area contributed by atoms with E-state index < -0.39 is 0 Å². The van der Waals surface area contributed by atoms with Crippen LogP contribution in [0.3, 0.4) is 0 Å². The molecule has 0 saturated carbocycles. The van der Waals surface area contributed by atoms with Crippen LogP contribution in [0.5, 0.6) is 0 Å². The van der Waals surface area contributed by atoms with E-state index in [-0.39, 0.29) is 29.9 Å². The van der Waals surface area contributed by atoms with Crippen molar-refractivity contribution < 1.29 is 9.90 Å². The summed E-state index contributed by atoms with van der Waals surface area (Å²) in [6.45, 7) is 10.4. The molecule has 4 aromatic rings. The largest absolute Gasteiger partial charge is 0.392 e. The molecule has 0 fully saturated rings. The predicted molar refractivity (Wildman–Crippen MR) is 176 cm³/mol. The number of carbonyl (C=O) groups excluding carboxylic acids is 1. The van der Waals surface area contributed by atoms with Gasteiger partial charge >= 0.3 is 0 Å². The first-order valence-corrected chi connectivity index (χ1v) is 15.9. The second-order valence-corrected chi connectivity index (χ2v) is 13.0. The number of pyridine rings is 2. The maximum atomic E-state index is 13.1. The summed E-state index contributed by atoms with van der Waals surface area (Å²) in [5.74, 6) is -0.160. The molecule has 0 saturated heterocycles. The summed E-state index contributed by atoms with van der Waals surface area (Å²) in [4.78, 5) is 25.2. The number of fused-ring (bicyclic) bond motifs is 1. The minimum Gasteiger partial charge on any atom is -0.392 e. The first-order valence-electron chi connectivity index (χ1n) is 15.9. The van der Waals surface area contributed by atoms with E-state index in [1.165, 1.54) is 11.1 Å². The molecule has 5 rings (SSSR count). The average molecular weight is 591 g/mol. The molecule has 1 unspecified atom stereocenters. The zero-order valence-electron chi connectivity index (χ0n) is 26.6. The van der Waals surface area contributed by atoms with E-state index in [1.54, 1.807) is 0 Å². The SMILES string of the molecule is CC[C@H](C(=O)NCc1ccc(CN(Cc2cc(C(C)(C)C)ccn2)C2CCCc3cccnc32)c(CO)c1)c1ccccc1. The first kappa shape index (κ1) is 31.6. The summed E-state index contributed by atoms with van der Waals surface area (Å²) < 4.78 is 0. The lowest BCUT2D eigenvalue weighted by molar-refractivity contribution is -0.122. The molecule has 0 radical (unpaired) electrons. The van der Waals surface area contributed by atoms with Crippen molar-refractivity contribution in [1.29, 1.82) is 0 Å². The van der Waals surface area contributed by atoms with E-state index in [0.29, 0.717) is 19.6 Å². The van der Waals surface area contributed by atoms with Crippen LogP contribution in [0.15, 0.2) is 85.2 Å². The van der Waals surface area contributed by atoms with Crippen LogP contribution < -0.4 is 5.32 Å². The van der Waals surface area contributed by atoms with Crippen LogP contribution in [0.2, 0.25) is 0 Å². The predicted octanol–water partition coefficient (Wildman–Crippen LogP) is 7.16. The van der Waals surface area contributed by atoms with Crippen molar-refractivity contribution in [3.05, 3.63) is 130 Å². The zero-order chi connectivity index (χ0) is 31.1. The van der Waals surface area contributed by atoms with E-state index in [2.05, 4.69) is 61.3 Å². The molecular weight excluding hydrogens is 544 g/mol. The number of hydrogen-bond donors (Lipinski definition) is 2. The Balaban J connectivity index is 1.38. The van der Waals surface area contributed by atoms with Crippen LogP contribution >= 0.6 is 0 Å².